The predicted octanol–water partition coefficient (Wildman–Crippen LogP) is -0.0205. The highest BCUT2D eigenvalue weighted by Gasteiger charge is 1.94. The summed E-state index contributed by atoms with van der Waals surface area (Å²) in [6.07, 6.45) is 1.98. The van der Waals surface area contributed by atoms with Crippen molar-refractivity contribution >= 4 is 17.9 Å². The predicted molar refractivity (Wildman–Crippen MR) is 46.5 cm³/mol. The molecule has 0 spiro atoms. The molecule has 0 fully saturated rings. The molecule has 0 aliphatic carbocycles. The fraction of sp³-hybridized carbons (Fsp3) is 0.375. The van der Waals surface area contributed by atoms with Gasteiger partial charge in [0.05, 0.1) is 14.2 Å². The minimum atomic E-state index is -0.833. The Morgan fingerprint density at radius 3 is 1.36 bits per heavy atom. The van der Waals surface area contributed by atoms with E-state index < -0.39 is 17.9 Å². The van der Waals surface area contributed by atoms with E-state index in [4.69, 9.17) is 9.90 Å². The number of methoxy groups -OCH3 is 2. The highest BCUT2D eigenvalue weighted by Crippen LogP contribution is 1.80. The van der Waals surface area contributed by atoms with Crippen molar-refractivity contribution in [1.29, 1.82) is 0 Å². The molecular formula is C8H12O6. The maximum Gasteiger partial charge on any atom is 0.330 e. The summed E-state index contributed by atoms with van der Waals surface area (Å²) in [7, 11) is 2.45. The molecule has 0 unspecified atom stereocenters. The average molecular weight is 204 g/mol. The Morgan fingerprint density at radius 1 is 1.00 bits per heavy atom. The third kappa shape index (κ3) is 16.6. The van der Waals surface area contributed by atoms with Crippen molar-refractivity contribution in [3.63, 3.8) is 0 Å². The van der Waals surface area contributed by atoms with Crippen molar-refractivity contribution in [2.24, 2.45) is 0 Å². The summed E-state index contributed by atoms with van der Waals surface area (Å²) in [5.41, 5.74) is 0. The molecule has 0 rings (SSSR count). The Hall–Kier alpha value is -1.85. The quantitative estimate of drug-likeness (QED) is 0.502. The molecule has 6 heteroatoms. The monoisotopic (exact) mass is 204 g/mol. The third-order valence-corrected chi connectivity index (χ3v) is 0.758. The smallest absolute Gasteiger partial charge is 0.330 e. The summed E-state index contributed by atoms with van der Waals surface area (Å²) in [4.78, 5) is 29.6. The van der Waals surface area contributed by atoms with E-state index in [2.05, 4.69) is 9.47 Å². The molecule has 0 saturated carbocycles. The van der Waals surface area contributed by atoms with Crippen molar-refractivity contribution in [3.05, 3.63) is 12.2 Å². The van der Waals surface area contributed by atoms with Crippen LogP contribution in [0.3, 0.4) is 0 Å². The molecular weight excluding hydrogens is 192 g/mol. The zero-order valence-corrected chi connectivity index (χ0v) is 8.14. The summed E-state index contributed by atoms with van der Waals surface area (Å²) in [5.74, 6) is -1.99. The van der Waals surface area contributed by atoms with E-state index in [0.29, 0.717) is 0 Å². The number of carboxylic acid groups (broad SMARTS) is 1. The standard InChI is InChI=1S/C6H8O4.C2H4O2/c1-9-5(7)3-4-6(8)10-2;1-2(3)4/h3-4H,1-2H3;1H3,(H,3,4)/b4-3-;. The molecule has 0 aromatic carbocycles. The topological polar surface area (TPSA) is 89.9 Å². The average Bonchev–Trinajstić information content (AvgIpc) is 2.12. The van der Waals surface area contributed by atoms with Crippen LogP contribution in [0.1, 0.15) is 6.92 Å². The summed E-state index contributed by atoms with van der Waals surface area (Å²) in [6, 6.07) is 0. The first kappa shape index (κ1) is 14.7. The molecule has 0 saturated heterocycles. The molecule has 1 N–H and O–H groups in total. The lowest BCUT2D eigenvalue weighted by Gasteiger charge is -1.89. The maximum absolute atomic E-state index is 10.3. The first-order valence-corrected chi connectivity index (χ1v) is 3.47. The molecule has 6 nitrogen and oxygen atoms in total. The van der Waals surface area contributed by atoms with Crippen LogP contribution in [-0.4, -0.2) is 37.2 Å². The Balaban J connectivity index is 0. The normalized spacial score (nSPS) is 8.50. The Kier molecular flexibility index (Phi) is 9.68. The minimum Gasteiger partial charge on any atom is -0.481 e. The second-order valence-corrected chi connectivity index (χ2v) is 1.90. The Morgan fingerprint density at radius 2 is 1.21 bits per heavy atom. The number of esters is 2. The summed E-state index contributed by atoms with van der Waals surface area (Å²) in [6.45, 7) is 1.08. The van der Waals surface area contributed by atoms with Gasteiger partial charge in [-0.05, 0) is 0 Å². The van der Waals surface area contributed by atoms with E-state index in [1.54, 1.807) is 0 Å². The van der Waals surface area contributed by atoms with Gasteiger partial charge in [0.25, 0.3) is 5.97 Å². The number of aliphatic carboxylic acids is 1. The van der Waals surface area contributed by atoms with Crippen LogP contribution in [0, 0.1) is 0 Å². The number of ether oxygens (including phenoxy) is 2. The van der Waals surface area contributed by atoms with E-state index in [1.807, 2.05) is 0 Å². The first-order valence-electron chi connectivity index (χ1n) is 3.47. The zero-order chi connectivity index (χ0) is 11.6. The number of carbonyl (C=O) groups is 3. The SMILES string of the molecule is CC(=O)O.COC(=O)/C=C\C(=O)OC. The van der Waals surface area contributed by atoms with Crippen LogP contribution in [0.15, 0.2) is 12.2 Å². The van der Waals surface area contributed by atoms with E-state index in [0.717, 1.165) is 19.1 Å². The fourth-order valence-corrected chi connectivity index (χ4v) is 0.272. The van der Waals surface area contributed by atoms with E-state index in [9.17, 15) is 9.59 Å². The molecule has 0 atom stereocenters. The lowest BCUT2D eigenvalue weighted by molar-refractivity contribution is -0.137. The van der Waals surface area contributed by atoms with Crippen molar-refractivity contribution in [2.75, 3.05) is 14.2 Å². The van der Waals surface area contributed by atoms with Gasteiger partial charge in [-0.15, -0.1) is 0 Å². The second-order valence-electron chi connectivity index (χ2n) is 1.90. The zero-order valence-electron chi connectivity index (χ0n) is 8.14. The van der Waals surface area contributed by atoms with Gasteiger partial charge in [0.1, 0.15) is 0 Å². The van der Waals surface area contributed by atoms with Gasteiger partial charge in [0.15, 0.2) is 0 Å². The van der Waals surface area contributed by atoms with Crippen LogP contribution in [0.4, 0.5) is 0 Å². The Labute approximate surface area is 81.1 Å². The second kappa shape index (κ2) is 9.24. The van der Waals surface area contributed by atoms with Gasteiger partial charge in [0.2, 0.25) is 0 Å². The molecule has 0 bridgehead atoms. The maximum atomic E-state index is 10.3. The molecule has 0 aliphatic rings. The van der Waals surface area contributed by atoms with Gasteiger partial charge in [-0.1, -0.05) is 0 Å². The molecule has 0 aromatic heterocycles. The largest absolute Gasteiger partial charge is 0.481 e. The number of rotatable bonds is 2. The molecule has 0 heterocycles. The van der Waals surface area contributed by atoms with Crippen LogP contribution in [0.25, 0.3) is 0 Å². The van der Waals surface area contributed by atoms with Gasteiger partial charge >= 0.3 is 11.9 Å². The van der Waals surface area contributed by atoms with Crippen LogP contribution < -0.4 is 0 Å². The Bertz CT molecular complexity index is 208. The summed E-state index contributed by atoms with van der Waals surface area (Å²) < 4.78 is 8.42. The van der Waals surface area contributed by atoms with Crippen LogP contribution in [-0.2, 0) is 23.9 Å². The highest BCUT2D eigenvalue weighted by molar-refractivity contribution is 5.91. The van der Waals surface area contributed by atoms with Gasteiger partial charge in [-0.25, -0.2) is 9.59 Å². The van der Waals surface area contributed by atoms with Crippen molar-refractivity contribution in [3.8, 4) is 0 Å². The van der Waals surface area contributed by atoms with E-state index >= 15 is 0 Å². The molecule has 0 aliphatic heterocycles. The van der Waals surface area contributed by atoms with Crippen LogP contribution >= 0.6 is 0 Å². The van der Waals surface area contributed by atoms with Gasteiger partial charge < -0.3 is 14.6 Å². The molecule has 0 aromatic rings. The van der Waals surface area contributed by atoms with Gasteiger partial charge in [-0.3, -0.25) is 4.79 Å². The molecule has 0 radical (unpaired) electrons. The molecule has 14 heavy (non-hydrogen) atoms. The number of hydrogen-bond acceptors (Lipinski definition) is 5. The number of carbonyl (C=O) groups excluding carboxylic acids is 2. The van der Waals surface area contributed by atoms with E-state index in [-0.39, 0.29) is 0 Å². The lowest BCUT2D eigenvalue weighted by atomic mass is 10.5. The third-order valence-electron chi connectivity index (χ3n) is 0.758. The van der Waals surface area contributed by atoms with Crippen molar-refractivity contribution in [2.45, 2.75) is 6.92 Å². The van der Waals surface area contributed by atoms with Gasteiger partial charge in [-0.2, -0.15) is 0 Å². The van der Waals surface area contributed by atoms with Crippen LogP contribution in [0.2, 0.25) is 0 Å². The van der Waals surface area contributed by atoms with Crippen molar-refractivity contribution in [1.82, 2.24) is 0 Å². The fourth-order valence-electron chi connectivity index (χ4n) is 0.272. The van der Waals surface area contributed by atoms with Crippen LogP contribution in [0.5, 0.6) is 0 Å². The first-order chi connectivity index (χ1) is 6.43. The number of hydrogen-bond donors (Lipinski definition) is 1. The molecule has 80 valence electrons. The summed E-state index contributed by atoms with van der Waals surface area (Å²) >= 11 is 0. The van der Waals surface area contributed by atoms with Gasteiger partial charge in [0, 0.05) is 19.1 Å². The van der Waals surface area contributed by atoms with E-state index in [1.165, 1.54) is 14.2 Å². The minimum absolute atomic E-state index is 0.578. The number of carboxylic acids is 1. The molecule has 0 amide bonds. The summed E-state index contributed by atoms with van der Waals surface area (Å²) in [5, 5.41) is 7.42. The van der Waals surface area contributed by atoms with Crippen molar-refractivity contribution < 1.29 is 29.0 Å². The highest BCUT2D eigenvalue weighted by atomic mass is 16.5. The lowest BCUT2D eigenvalue weighted by Crippen LogP contribution is -1.98.